The summed E-state index contributed by atoms with van der Waals surface area (Å²) in [4.78, 5) is 19.8. The molecule has 0 aliphatic heterocycles. The van der Waals surface area contributed by atoms with Crippen LogP contribution in [0.25, 0.3) is 0 Å². The molecule has 1 atom stereocenters. The summed E-state index contributed by atoms with van der Waals surface area (Å²) in [6.07, 6.45) is 1.02. The summed E-state index contributed by atoms with van der Waals surface area (Å²) in [6.45, 7) is 1.98. The molecule has 5 nitrogen and oxygen atoms in total. The molecule has 0 spiro atoms. The smallest absolute Gasteiger partial charge is 0.303 e. The average Bonchev–Trinajstić information content (AvgIpc) is 3.17. The molecule has 2 rings (SSSR count). The fourth-order valence-corrected chi connectivity index (χ4v) is 1.57. The Morgan fingerprint density at radius 1 is 0.958 bits per heavy atom. The number of hydrogen-bond acceptors (Lipinski definition) is 3. The Hall–Kier alpha value is -1.88. The van der Waals surface area contributed by atoms with Crippen molar-refractivity contribution >= 4 is 11.9 Å². The summed E-state index contributed by atoms with van der Waals surface area (Å²) >= 11 is 0. The fraction of sp³-hybridized carbons (Fsp3) is 0.333. The zero-order valence-electron chi connectivity index (χ0n) is 13.7. The van der Waals surface area contributed by atoms with Crippen LogP contribution in [0.4, 0.5) is 0 Å². The first-order valence-corrected chi connectivity index (χ1v) is 7.51. The van der Waals surface area contributed by atoms with Crippen LogP contribution in [-0.2, 0) is 26.7 Å². The number of nitrogens with two attached hydrogens (primary N) is 1. The van der Waals surface area contributed by atoms with Crippen molar-refractivity contribution in [2.75, 3.05) is 0 Å². The Balaban J connectivity index is 0. The molecular weight excluding hydrogens is 350 g/mol. The molecule has 0 amide bonds. The van der Waals surface area contributed by atoms with Gasteiger partial charge in [0.1, 0.15) is 0 Å². The van der Waals surface area contributed by atoms with Crippen molar-refractivity contribution in [3.8, 4) is 0 Å². The van der Waals surface area contributed by atoms with Crippen molar-refractivity contribution in [2.45, 2.75) is 38.6 Å². The Morgan fingerprint density at radius 2 is 1.29 bits per heavy atom. The van der Waals surface area contributed by atoms with Gasteiger partial charge in [-0.3, -0.25) is 9.59 Å². The minimum absolute atomic E-state index is 0. The molecule has 24 heavy (non-hydrogen) atoms. The largest absolute Gasteiger partial charge is 0.748 e. The van der Waals surface area contributed by atoms with Crippen molar-refractivity contribution in [1.29, 1.82) is 0 Å². The van der Waals surface area contributed by atoms with Crippen molar-refractivity contribution in [3.05, 3.63) is 60.2 Å². The van der Waals surface area contributed by atoms with E-state index in [1.807, 2.05) is 61.5 Å². The minimum atomic E-state index is -0.870. The van der Waals surface area contributed by atoms with Crippen LogP contribution in [0.15, 0.2) is 54.6 Å². The third kappa shape index (κ3) is 16.5. The zero-order valence-corrected chi connectivity index (χ0v) is 14.8. The molecule has 4 N–H and O–H groups in total. The van der Waals surface area contributed by atoms with E-state index in [1.54, 1.807) is 0 Å². The second kappa shape index (κ2) is 16.0. The summed E-state index contributed by atoms with van der Waals surface area (Å²) in [5.41, 5.74) is 6.77. The van der Waals surface area contributed by atoms with Gasteiger partial charge < -0.3 is 46.3 Å². The normalized spacial score (nSPS) is 10.1. The third-order valence-corrected chi connectivity index (χ3v) is 2.80. The van der Waals surface area contributed by atoms with Gasteiger partial charge in [0.25, 0.3) is 0 Å². The van der Waals surface area contributed by atoms with E-state index in [2.05, 4.69) is 0 Å². The van der Waals surface area contributed by atoms with Gasteiger partial charge >= 0.3 is 11.9 Å². The first-order chi connectivity index (χ1) is 10.9. The molecule has 2 aromatic carbocycles. The predicted molar refractivity (Wildman–Crippen MR) is 90.4 cm³/mol. The predicted octanol–water partition coefficient (Wildman–Crippen LogP) is 3.54. The van der Waals surface area contributed by atoms with Crippen molar-refractivity contribution in [2.24, 2.45) is 5.73 Å². The van der Waals surface area contributed by atoms with Crippen LogP contribution in [-0.4, -0.2) is 22.2 Å². The van der Waals surface area contributed by atoms with Crippen LogP contribution in [0.2, 0.25) is 0 Å². The number of carboxylic acids is 2. The first kappa shape index (κ1) is 24.4. The molecule has 0 fully saturated rings. The maximum Gasteiger partial charge on any atom is 0.303 e. The number of rotatable bonds is 6. The van der Waals surface area contributed by atoms with Gasteiger partial charge in [0.15, 0.2) is 0 Å². The maximum absolute atomic E-state index is 9.90. The van der Waals surface area contributed by atoms with E-state index >= 15 is 0 Å². The standard InChI is InChI=1S/C7H10N.C6H10O4.C5H5.Fe/c1-6(8)7-4-2-3-5-7;7-5(8)3-1-2-4-6(9)10;1-2-4-5-3-1;/h2-6H,8H2,1H3;1-4H2,(H,7,8)(H,9,10);1-5H;/q-1;;-5;. The number of unbranched alkanes of at least 4 members (excludes halogenated alkanes) is 1. The van der Waals surface area contributed by atoms with E-state index in [0.717, 1.165) is 0 Å². The van der Waals surface area contributed by atoms with Crippen LogP contribution in [0.5, 0.6) is 0 Å². The van der Waals surface area contributed by atoms with E-state index in [1.165, 1.54) is 5.56 Å². The number of carboxylic acid groups (broad SMARTS) is 2. The molecule has 2 aromatic rings. The number of hydrogen-bond donors (Lipinski definition) is 3. The van der Waals surface area contributed by atoms with Gasteiger partial charge in [-0.25, -0.2) is 12.1 Å². The van der Waals surface area contributed by atoms with Crippen LogP contribution < -0.4 is 5.73 Å². The van der Waals surface area contributed by atoms with Crippen LogP contribution >= 0.6 is 0 Å². The first-order valence-electron chi connectivity index (χ1n) is 7.51. The average molecular weight is 375 g/mol. The quantitative estimate of drug-likeness (QED) is 0.407. The number of aliphatic carboxylic acids is 2. The van der Waals surface area contributed by atoms with Gasteiger partial charge in [0.2, 0.25) is 0 Å². The molecule has 0 aliphatic carbocycles. The van der Waals surface area contributed by atoms with E-state index in [0.29, 0.717) is 12.8 Å². The van der Waals surface area contributed by atoms with Gasteiger partial charge in [-0.15, -0.1) is 5.56 Å². The molecule has 0 radical (unpaired) electrons. The summed E-state index contributed by atoms with van der Waals surface area (Å²) in [7, 11) is 0. The van der Waals surface area contributed by atoms with E-state index < -0.39 is 11.9 Å². The summed E-state index contributed by atoms with van der Waals surface area (Å²) < 4.78 is 0. The van der Waals surface area contributed by atoms with Gasteiger partial charge in [0.05, 0.1) is 0 Å². The van der Waals surface area contributed by atoms with Gasteiger partial charge in [-0.2, -0.15) is 12.1 Å². The minimum Gasteiger partial charge on any atom is -0.748 e. The topological polar surface area (TPSA) is 101 Å². The maximum atomic E-state index is 9.90. The second-order valence-electron chi connectivity index (χ2n) is 4.96. The molecular formula is C18H25FeNO4-6. The van der Waals surface area contributed by atoms with Gasteiger partial charge in [-0.05, 0) is 18.9 Å². The Morgan fingerprint density at radius 3 is 1.50 bits per heavy atom. The fourth-order valence-electron chi connectivity index (χ4n) is 1.57. The van der Waals surface area contributed by atoms with E-state index in [-0.39, 0.29) is 36.0 Å². The molecule has 0 saturated heterocycles. The van der Waals surface area contributed by atoms with Gasteiger partial charge in [0, 0.05) is 29.9 Å². The molecule has 0 aliphatic rings. The van der Waals surface area contributed by atoms with E-state index in [4.69, 9.17) is 15.9 Å². The molecule has 0 bridgehead atoms. The van der Waals surface area contributed by atoms with Crippen molar-refractivity contribution < 1.29 is 36.9 Å². The third-order valence-electron chi connectivity index (χ3n) is 2.80. The molecule has 140 valence electrons. The molecule has 6 heteroatoms. The van der Waals surface area contributed by atoms with Crippen LogP contribution in [0.1, 0.15) is 44.2 Å². The van der Waals surface area contributed by atoms with Crippen LogP contribution in [0, 0.1) is 0 Å². The molecule has 0 heterocycles. The summed E-state index contributed by atoms with van der Waals surface area (Å²) in [5.74, 6) is -1.74. The molecule has 0 aromatic heterocycles. The van der Waals surface area contributed by atoms with Crippen LogP contribution in [0.3, 0.4) is 0 Å². The van der Waals surface area contributed by atoms with Crippen molar-refractivity contribution in [1.82, 2.24) is 0 Å². The van der Waals surface area contributed by atoms with Crippen molar-refractivity contribution in [3.63, 3.8) is 0 Å². The summed E-state index contributed by atoms with van der Waals surface area (Å²) in [5, 5.41) is 16.3. The number of carbonyl (C=O) groups is 2. The SMILES string of the molecule is CC(N)[c-]1cccc1.O=C(O)CCCCC(=O)O.[Fe].[cH-]1[cH-][cH-][cH-][cH-]1. The monoisotopic (exact) mass is 375 g/mol. The van der Waals surface area contributed by atoms with E-state index in [9.17, 15) is 9.59 Å². The Kier molecular flexibility index (Phi) is 16.2. The van der Waals surface area contributed by atoms with Gasteiger partial charge in [-0.1, -0.05) is 6.92 Å². The summed E-state index contributed by atoms with van der Waals surface area (Å²) in [6, 6.07) is 18.2. The molecule has 1 unspecified atom stereocenters. The molecule has 0 saturated carbocycles. The zero-order chi connectivity index (χ0) is 17.5. The second-order valence-corrected chi connectivity index (χ2v) is 4.96. The Bertz CT molecular complexity index is 474. The Labute approximate surface area is 153 Å².